The summed E-state index contributed by atoms with van der Waals surface area (Å²) in [7, 11) is 0. The van der Waals surface area contributed by atoms with Crippen molar-refractivity contribution >= 4 is 51.7 Å². The minimum Gasteiger partial charge on any atom is -0.462 e. The molecule has 0 bridgehead atoms. The summed E-state index contributed by atoms with van der Waals surface area (Å²) in [4.78, 5) is 27.4. The molecule has 2 aromatic carbocycles. The predicted octanol–water partition coefficient (Wildman–Crippen LogP) is 6.15. The summed E-state index contributed by atoms with van der Waals surface area (Å²) in [5, 5.41) is 12.8. The van der Waals surface area contributed by atoms with Gasteiger partial charge in [0, 0.05) is 15.5 Å². The van der Waals surface area contributed by atoms with Crippen LogP contribution in [0.5, 0.6) is 0 Å². The Balaban J connectivity index is 1.50. The highest BCUT2D eigenvalue weighted by molar-refractivity contribution is 7.99. The normalized spacial score (nSPS) is 10.9. The number of aromatic nitrogens is 3. The second-order valence-corrected chi connectivity index (χ2v) is 10.9. The molecule has 4 aromatic rings. The van der Waals surface area contributed by atoms with E-state index in [1.807, 2.05) is 66.9 Å². The number of rotatable bonds is 10. The van der Waals surface area contributed by atoms with Crippen LogP contribution >= 0.6 is 34.9 Å². The van der Waals surface area contributed by atoms with Gasteiger partial charge in [0.05, 0.1) is 23.7 Å². The topological polar surface area (TPSA) is 86.1 Å². The fraction of sp³-hybridized carbons (Fsp3) is 0.231. The first-order chi connectivity index (χ1) is 17.5. The molecule has 0 aliphatic heterocycles. The first kappa shape index (κ1) is 26.0. The van der Waals surface area contributed by atoms with E-state index < -0.39 is 5.97 Å². The van der Waals surface area contributed by atoms with Crippen LogP contribution in [0.3, 0.4) is 0 Å². The van der Waals surface area contributed by atoms with Gasteiger partial charge in [0.1, 0.15) is 10.8 Å². The number of carbonyl (C=O) groups excluding carboxylic acids is 2. The van der Waals surface area contributed by atoms with Gasteiger partial charge in [-0.1, -0.05) is 48.2 Å². The number of thioether (sulfide) groups is 2. The third-order valence-corrected chi connectivity index (χ3v) is 8.34. The lowest BCUT2D eigenvalue weighted by atomic mass is 10.1. The van der Waals surface area contributed by atoms with Gasteiger partial charge in [-0.3, -0.25) is 9.36 Å². The van der Waals surface area contributed by atoms with Gasteiger partial charge >= 0.3 is 5.97 Å². The molecule has 0 unspecified atom stereocenters. The van der Waals surface area contributed by atoms with E-state index >= 15 is 0 Å². The zero-order valence-electron chi connectivity index (χ0n) is 20.2. The van der Waals surface area contributed by atoms with E-state index in [-0.39, 0.29) is 18.3 Å². The maximum absolute atomic E-state index is 12.9. The molecule has 0 saturated carbocycles. The molecule has 0 aliphatic rings. The number of aryl methyl sites for hydroxylation is 1. The van der Waals surface area contributed by atoms with E-state index in [1.165, 1.54) is 23.1 Å². The molecule has 0 atom stereocenters. The average molecular weight is 539 g/mol. The number of benzene rings is 2. The molecule has 0 spiro atoms. The lowest BCUT2D eigenvalue weighted by Crippen LogP contribution is -2.17. The number of hydrogen-bond acceptors (Lipinski definition) is 8. The minimum atomic E-state index is -0.424. The van der Waals surface area contributed by atoms with Crippen LogP contribution in [-0.4, -0.2) is 39.0 Å². The SMILES string of the molecule is CCOC(=O)c1c(NC(=O)CSc2nnc(CSc3ccccc3)n2-c2ccccc2)sc(C)c1C. The molecule has 1 N–H and O–H groups in total. The number of hydrogen-bond donors (Lipinski definition) is 1. The van der Waals surface area contributed by atoms with Gasteiger partial charge in [0.15, 0.2) is 5.16 Å². The number of esters is 1. The largest absolute Gasteiger partial charge is 0.462 e. The molecule has 1 amide bonds. The molecule has 0 saturated heterocycles. The number of nitrogens with zero attached hydrogens (tertiary/aromatic N) is 3. The van der Waals surface area contributed by atoms with Crippen molar-refractivity contribution in [2.45, 2.75) is 36.6 Å². The van der Waals surface area contributed by atoms with Crippen molar-refractivity contribution in [1.82, 2.24) is 14.8 Å². The molecule has 2 heterocycles. The summed E-state index contributed by atoms with van der Waals surface area (Å²) in [6, 6.07) is 20.0. The summed E-state index contributed by atoms with van der Waals surface area (Å²) in [6.07, 6.45) is 0. The number of thiophene rings is 1. The van der Waals surface area contributed by atoms with Crippen molar-refractivity contribution < 1.29 is 14.3 Å². The first-order valence-electron chi connectivity index (χ1n) is 11.3. The Bertz CT molecular complexity index is 1340. The van der Waals surface area contributed by atoms with Gasteiger partial charge in [0.2, 0.25) is 5.91 Å². The maximum Gasteiger partial charge on any atom is 0.341 e. The number of amides is 1. The predicted molar refractivity (Wildman–Crippen MR) is 146 cm³/mol. The van der Waals surface area contributed by atoms with Crippen molar-refractivity contribution in [1.29, 1.82) is 0 Å². The number of carbonyl (C=O) groups is 2. The Labute approximate surface area is 222 Å². The van der Waals surface area contributed by atoms with Crippen LogP contribution in [0, 0.1) is 13.8 Å². The van der Waals surface area contributed by atoms with Gasteiger partial charge in [-0.2, -0.15) is 0 Å². The first-order valence-corrected chi connectivity index (χ1v) is 14.1. The molecular weight excluding hydrogens is 513 g/mol. The van der Waals surface area contributed by atoms with Gasteiger partial charge in [-0.05, 0) is 50.6 Å². The van der Waals surface area contributed by atoms with Gasteiger partial charge < -0.3 is 10.1 Å². The number of para-hydroxylation sites is 1. The van der Waals surface area contributed by atoms with Crippen molar-refractivity contribution in [2.24, 2.45) is 0 Å². The summed E-state index contributed by atoms with van der Waals surface area (Å²) in [6.45, 7) is 5.82. The van der Waals surface area contributed by atoms with E-state index in [2.05, 4.69) is 27.6 Å². The molecular formula is C26H26N4O3S3. The quantitative estimate of drug-likeness (QED) is 0.192. The summed E-state index contributed by atoms with van der Waals surface area (Å²) in [5.41, 5.74) is 2.18. The molecule has 0 aliphatic carbocycles. The van der Waals surface area contributed by atoms with Crippen LogP contribution in [0.25, 0.3) is 5.69 Å². The highest BCUT2D eigenvalue weighted by atomic mass is 32.2. The average Bonchev–Trinajstić information content (AvgIpc) is 3.42. The highest BCUT2D eigenvalue weighted by Crippen LogP contribution is 2.33. The summed E-state index contributed by atoms with van der Waals surface area (Å²) in [5.74, 6) is 0.901. The van der Waals surface area contributed by atoms with Crippen LogP contribution in [0.4, 0.5) is 5.00 Å². The number of ether oxygens (including phenoxy) is 1. The molecule has 4 rings (SSSR count). The fourth-order valence-corrected chi connectivity index (χ4v) is 6.11. The van der Waals surface area contributed by atoms with E-state index in [9.17, 15) is 9.59 Å². The second kappa shape index (κ2) is 12.2. The van der Waals surface area contributed by atoms with Crippen LogP contribution in [0.15, 0.2) is 70.7 Å². The van der Waals surface area contributed by atoms with Crippen LogP contribution in [-0.2, 0) is 15.3 Å². The van der Waals surface area contributed by atoms with Crippen LogP contribution in [0.2, 0.25) is 0 Å². The minimum absolute atomic E-state index is 0.120. The number of nitrogens with one attached hydrogen (secondary N) is 1. The van der Waals surface area contributed by atoms with Crippen LogP contribution in [0.1, 0.15) is 33.5 Å². The van der Waals surface area contributed by atoms with Gasteiger partial charge in [-0.25, -0.2) is 4.79 Å². The Kier molecular flexibility index (Phi) is 8.84. The number of anilines is 1. The lowest BCUT2D eigenvalue weighted by molar-refractivity contribution is -0.113. The van der Waals surface area contributed by atoms with Crippen molar-refractivity contribution in [3.8, 4) is 5.69 Å². The zero-order chi connectivity index (χ0) is 25.5. The lowest BCUT2D eigenvalue weighted by Gasteiger charge is -2.10. The zero-order valence-corrected chi connectivity index (χ0v) is 22.6. The molecule has 10 heteroatoms. The Morgan fingerprint density at radius 1 is 1.00 bits per heavy atom. The van der Waals surface area contributed by atoms with E-state index in [0.717, 1.165) is 26.8 Å². The highest BCUT2D eigenvalue weighted by Gasteiger charge is 2.23. The van der Waals surface area contributed by atoms with Crippen molar-refractivity contribution in [2.75, 3.05) is 17.7 Å². The Morgan fingerprint density at radius 2 is 1.69 bits per heavy atom. The Morgan fingerprint density at radius 3 is 2.39 bits per heavy atom. The maximum atomic E-state index is 12.9. The molecule has 36 heavy (non-hydrogen) atoms. The molecule has 7 nitrogen and oxygen atoms in total. The third-order valence-electron chi connectivity index (χ3n) is 5.28. The van der Waals surface area contributed by atoms with E-state index in [4.69, 9.17) is 4.74 Å². The van der Waals surface area contributed by atoms with E-state index in [0.29, 0.717) is 21.5 Å². The molecule has 0 radical (unpaired) electrons. The van der Waals surface area contributed by atoms with Gasteiger partial charge in [-0.15, -0.1) is 33.3 Å². The Hall–Kier alpha value is -3.08. The monoisotopic (exact) mass is 538 g/mol. The van der Waals surface area contributed by atoms with Crippen molar-refractivity contribution in [3.05, 3.63) is 82.5 Å². The van der Waals surface area contributed by atoms with Crippen molar-refractivity contribution in [3.63, 3.8) is 0 Å². The smallest absolute Gasteiger partial charge is 0.341 e. The molecule has 2 aromatic heterocycles. The fourth-order valence-electron chi connectivity index (χ4n) is 3.45. The third kappa shape index (κ3) is 6.18. The molecule has 186 valence electrons. The van der Waals surface area contributed by atoms with Crippen LogP contribution < -0.4 is 5.32 Å². The second-order valence-electron chi connectivity index (χ2n) is 7.72. The van der Waals surface area contributed by atoms with E-state index in [1.54, 1.807) is 18.7 Å². The molecule has 0 fully saturated rings. The summed E-state index contributed by atoms with van der Waals surface area (Å²) < 4.78 is 7.17. The van der Waals surface area contributed by atoms with Gasteiger partial charge in [0.25, 0.3) is 0 Å². The standard InChI is InChI=1S/C26H26N4O3S3/c1-4-33-25(32)23-17(2)18(3)36-24(23)27-22(31)16-35-26-29-28-21(15-34-20-13-9-6-10-14-20)30(26)19-11-7-5-8-12-19/h5-14H,4,15-16H2,1-3H3,(H,27,31). The summed E-state index contributed by atoms with van der Waals surface area (Å²) >= 11 is 4.36.